The van der Waals surface area contributed by atoms with Crippen LogP contribution in [0.1, 0.15) is 36.6 Å². The smallest absolute Gasteiger partial charge is 0.156 e. The second kappa shape index (κ2) is 5.00. The molecule has 0 saturated heterocycles. The molecule has 0 aliphatic carbocycles. The normalized spacial score (nSPS) is 11.1. The fourth-order valence-corrected chi connectivity index (χ4v) is 2.01. The molecular formula is C13H16BrN3. The predicted molar refractivity (Wildman–Crippen MR) is 72.8 cm³/mol. The lowest BCUT2D eigenvalue weighted by molar-refractivity contribution is 0.754. The molecule has 0 aliphatic rings. The molecule has 0 aliphatic heterocycles. The van der Waals surface area contributed by atoms with Gasteiger partial charge in [0.25, 0.3) is 0 Å². The predicted octanol–water partition coefficient (Wildman–Crippen LogP) is 3.59. The lowest BCUT2D eigenvalue weighted by Gasteiger charge is -2.06. The van der Waals surface area contributed by atoms with Gasteiger partial charge in [-0.15, -0.1) is 0 Å². The van der Waals surface area contributed by atoms with Crippen molar-refractivity contribution in [2.75, 3.05) is 0 Å². The molecule has 2 heterocycles. The Morgan fingerprint density at radius 2 is 2.18 bits per heavy atom. The minimum Gasteiger partial charge on any atom is -0.237 e. The second-order valence-electron chi connectivity index (χ2n) is 4.46. The molecule has 0 bridgehead atoms. The third-order valence-electron chi connectivity index (χ3n) is 2.68. The topological polar surface area (TPSA) is 30.7 Å². The van der Waals surface area contributed by atoms with Crippen molar-refractivity contribution >= 4 is 15.9 Å². The van der Waals surface area contributed by atoms with Crippen molar-refractivity contribution < 1.29 is 0 Å². The van der Waals surface area contributed by atoms with Crippen LogP contribution in [0.25, 0.3) is 5.82 Å². The van der Waals surface area contributed by atoms with Crippen LogP contribution < -0.4 is 0 Å². The molecule has 2 rings (SSSR count). The molecule has 0 fully saturated rings. The minimum atomic E-state index is 0.443. The number of aryl methyl sites for hydroxylation is 1. The summed E-state index contributed by atoms with van der Waals surface area (Å²) in [5.74, 6) is 1.35. The molecule has 2 aromatic rings. The first-order valence-electron chi connectivity index (χ1n) is 5.69. The zero-order valence-electron chi connectivity index (χ0n) is 10.3. The third kappa shape index (κ3) is 2.57. The van der Waals surface area contributed by atoms with Crippen molar-refractivity contribution in [3.63, 3.8) is 0 Å². The van der Waals surface area contributed by atoms with Gasteiger partial charge in [0, 0.05) is 17.7 Å². The van der Waals surface area contributed by atoms with Crippen LogP contribution in [0.15, 0.2) is 24.5 Å². The maximum Gasteiger partial charge on any atom is 0.156 e. The molecule has 17 heavy (non-hydrogen) atoms. The monoisotopic (exact) mass is 293 g/mol. The largest absolute Gasteiger partial charge is 0.237 e. The lowest BCUT2D eigenvalue weighted by atomic mass is 10.1. The molecule has 0 saturated carbocycles. The molecule has 0 N–H and O–H groups in total. The Kier molecular flexibility index (Phi) is 3.62. The molecule has 4 heteroatoms. The highest BCUT2D eigenvalue weighted by Crippen LogP contribution is 2.16. The quantitative estimate of drug-likeness (QED) is 0.810. The standard InChI is InChI=1S/C13H16BrN3/c1-9(2)12-4-5-17(16-12)13-10(3)6-11(7-14)8-15-13/h4-6,8-9H,7H2,1-3H3. The van der Waals surface area contributed by atoms with E-state index in [-0.39, 0.29) is 0 Å². The molecule has 0 radical (unpaired) electrons. The van der Waals surface area contributed by atoms with Gasteiger partial charge in [-0.2, -0.15) is 5.10 Å². The first-order chi connectivity index (χ1) is 8.11. The number of pyridine rings is 1. The van der Waals surface area contributed by atoms with Gasteiger partial charge in [-0.25, -0.2) is 9.67 Å². The number of rotatable bonds is 3. The molecule has 0 amide bonds. The van der Waals surface area contributed by atoms with Crippen LogP contribution in [0.3, 0.4) is 0 Å². The third-order valence-corrected chi connectivity index (χ3v) is 3.33. The van der Waals surface area contributed by atoms with Crippen molar-refractivity contribution in [3.05, 3.63) is 41.3 Å². The van der Waals surface area contributed by atoms with Gasteiger partial charge in [0.05, 0.1) is 5.69 Å². The van der Waals surface area contributed by atoms with Gasteiger partial charge in [-0.3, -0.25) is 0 Å². The molecule has 0 unspecified atom stereocenters. The first kappa shape index (κ1) is 12.3. The van der Waals surface area contributed by atoms with Crippen LogP contribution in [0.4, 0.5) is 0 Å². The van der Waals surface area contributed by atoms with E-state index in [2.05, 4.69) is 52.9 Å². The Bertz CT molecular complexity index is 517. The van der Waals surface area contributed by atoms with Crippen molar-refractivity contribution in [3.8, 4) is 5.82 Å². The van der Waals surface area contributed by atoms with Crippen molar-refractivity contribution in [1.29, 1.82) is 0 Å². The highest BCUT2D eigenvalue weighted by atomic mass is 79.9. The van der Waals surface area contributed by atoms with Crippen molar-refractivity contribution in [1.82, 2.24) is 14.8 Å². The Labute approximate surface area is 110 Å². The number of aromatic nitrogens is 3. The van der Waals surface area contributed by atoms with Crippen LogP contribution >= 0.6 is 15.9 Å². The van der Waals surface area contributed by atoms with E-state index in [4.69, 9.17) is 0 Å². The van der Waals surface area contributed by atoms with Crippen LogP contribution in [0.2, 0.25) is 0 Å². The SMILES string of the molecule is Cc1cc(CBr)cnc1-n1ccc(C(C)C)n1. The Morgan fingerprint density at radius 3 is 2.71 bits per heavy atom. The van der Waals surface area contributed by atoms with E-state index in [0.717, 1.165) is 22.4 Å². The van der Waals surface area contributed by atoms with E-state index in [1.807, 2.05) is 23.1 Å². The lowest BCUT2D eigenvalue weighted by Crippen LogP contribution is -2.03. The highest BCUT2D eigenvalue weighted by molar-refractivity contribution is 9.08. The van der Waals surface area contributed by atoms with Gasteiger partial charge >= 0.3 is 0 Å². The van der Waals surface area contributed by atoms with Crippen molar-refractivity contribution in [2.24, 2.45) is 0 Å². The van der Waals surface area contributed by atoms with Crippen LogP contribution in [-0.2, 0) is 5.33 Å². The number of nitrogens with zero attached hydrogens (tertiary/aromatic N) is 3. The summed E-state index contributed by atoms with van der Waals surface area (Å²) in [4.78, 5) is 4.46. The summed E-state index contributed by atoms with van der Waals surface area (Å²) in [7, 11) is 0. The summed E-state index contributed by atoms with van der Waals surface area (Å²) in [6.45, 7) is 6.34. The fraction of sp³-hybridized carbons (Fsp3) is 0.385. The van der Waals surface area contributed by atoms with Crippen LogP contribution in [0.5, 0.6) is 0 Å². The Balaban J connectivity index is 2.38. The fourth-order valence-electron chi connectivity index (χ4n) is 1.70. The van der Waals surface area contributed by atoms with Gasteiger partial charge < -0.3 is 0 Å². The summed E-state index contributed by atoms with van der Waals surface area (Å²) in [6, 6.07) is 4.18. The van der Waals surface area contributed by atoms with E-state index in [9.17, 15) is 0 Å². The summed E-state index contributed by atoms with van der Waals surface area (Å²) in [5, 5.41) is 5.37. The Hall–Kier alpha value is -1.16. The average Bonchev–Trinajstić information content (AvgIpc) is 2.78. The van der Waals surface area contributed by atoms with Gasteiger partial charge in [-0.05, 0) is 36.1 Å². The Morgan fingerprint density at radius 1 is 1.41 bits per heavy atom. The zero-order chi connectivity index (χ0) is 12.4. The maximum absolute atomic E-state index is 4.54. The number of alkyl halides is 1. The first-order valence-corrected chi connectivity index (χ1v) is 6.81. The summed E-state index contributed by atoms with van der Waals surface area (Å²) in [5.41, 5.74) is 3.42. The van der Waals surface area contributed by atoms with E-state index >= 15 is 0 Å². The summed E-state index contributed by atoms with van der Waals surface area (Å²) >= 11 is 3.43. The van der Waals surface area contributed by atoms with Crippen LogP contribution in [0, 0.1) is 6.92 Å². The van der Waals surface area contributed by atoms with E-state index in [1.165, 1.54) is 5.56 Å². The van der Waals surface area contributed by atoms with Gasteiger partial charge in [0.15, 0.2) is 5.82 Å². The molecule has 3 nitrogen and oxygen atoms in total. The maximum atomic E-state index is 4.54. The van der Waals surface area contributed by atoms with E-state index in [1.54, 1.807) is 0 Å². The van der Waals surface area contributed by atoms with Gasteiger partial charge in [0.2, 0.25) is 0 Å². The molecule has 0 atom stereocenters. The molecule has 0 spiro atoms. The van der Waals surface area contributed by atoms with Crippen LogP contribution in [-0.4, -0.2) is 14.8 Å². The zero-order valence-corrected chi connectivity index (χ0v) is 11.9. The number of hydrogen-bond donors (Lipinski definition) is 0. The molecule has 90 valence electrons. The molecular weight excluding hydrogens is 278 g/mol. The second-order valence-corrected chi connectivity index (χ2v) is 5.02. The van der Waals surface area contributed by atoms with E-state index < -0.39 is 0 Å². The van der Waals surface area contributed by atoms with Gasteiger partial charge in [0.1, 0.15) is 0 Å². The van der Waals surface area contributed by atoms with Crippen molar-refractivity contribution in [2.45, 2.75) is 32.0 Å². The minimum absolute atomic E-state index is 0.443. The van der Waals surface area contributed by atoms with E-state index in [0.29, 0.717) is 5.92 Å². The average molecular weight is 294 g/mol. The number of hydrogen-bond acceptors (Lipinski definition) is 2. The molecule has 2 aromatic heterocycles. The summed E-state index contributed by atoms with van der Waals surface area (Å²) < 4.78 is 1.85. The van der Waals surface area contributed by atoms with Gasteiger partial charge in [-0.1, -0.05) is 29.8 Å². The molecule has 0 aromatic carbocycles. The number of halogens is 1. The summed E-state index contributed by atoms with van der Waals surface area (Å²) in [6.07, 6.45) is 3.85. The highest BCUT2D eigenvalue weighted by Gasteiger charge is 2.08.